The molecule has 9 nitrogen and oxygen atoms in total. The Morgan fingerprint density at radius 3 is 2.36 bits per heavy atom. The molecule has 1 heterocycles. The number of methoxy groups -OCH3 is 2. The smallest absolute Gasteiger partial charge is 0.310 e. The molecule has 5 atom stereocenters. The number of unbranched alkanes of at least 4 members (excludes halogenated alkanes) is 1. The van der Waals surface area contributed by atoms with Crippen LogP contribution in [0.5, 0.6) is 23.0 Å². The summed E-state index contributed by atoms with van der Waals surface area (Å²) in [5, 5.41) is 34.7. The average molecular weight is 535 g/mol. The van der Waals surface area contributed by atoms with E-state index in [1.165, 1.54) is 14.2 Å². The third-order valence-electron chi connectivity index (χ3n) is 7.74. The van der Waals surface area contributed by atoms with Crippen LogP contribution >= 0.6 is 0 Å². The molecular formula is C30H30O9. The number of rotatable bonds is 10. The summed E-state index contributed by atoms with van der Waals surface area (Å²) in [5.74, 6) is -2.39. The van der Waals surface area contributed by atoms with Gasteiger partial charge in [-0.2, -0.15) is 0 Å². The molecule has 1 aliphatic carbocycles. The second-order valence-corrected chi connectivity index (χ2v) is 9.69. The Morgan fingerprint density at radius 2 is 1.74 bits per heavy atom. The number of hydrogen-bond donors (Lipinski definition) is 3. The molecule has 1 fully saturated rings. The summed E-state index contributed by atoms with van der Waals surface area (Å²) in [7, 11) is 2.94. The molecule has 0 amide bonds. The van der Waals surface area contributed by atoms with Gasteiger partial charge in [0.25, 0.3) is 0 Å². The number of aliphatic hydroxyl groups excluding tert-OH is 1. The van der Waals surface area contributed by atoms with E-state index in [2.05, 4.69) is 0 Å². The van der Waals surface area contributed by atoms with Crippen LogP contribution in [0.25, 0.3) is 0 Å². The van der Waals surface area contributed by atoms with Crippen LogP contribution < -0.4 is 18.9 Å². The molecule has 0 bridgehead atoms. The number of ether oxygens (including phenoxy) is 4. The van der Waals surface area contributed by atoms with Crippen molar-refractivity contribution in [3.05, 3.63) is 83.4 Å². The molecule has 3 aromatic rings. The van der Waals surface area contributed by atoms with E-state index >= 15 is 0 Å². The molecule has 9 heteroatoms. The van der Waals surface area contributed by atoms with E-state index in [1.54, 1.807) is 66.7 Å². The minimum Gasteiger partial charge on any atom is -0.497 e. The van der Waals surface area contributed by atoms with Gasteiger partial charge < -0.3 is 39.1 Å². The molecule has 0 saturated heterocycles. The lowest BCUT2D eigenvalue weighted by atomic mass is 9.70. The van der Waals surface area contributed by atoms with Gasteiger partial charge in [-0.3, -0.25) is 4.79 Å². The van der Waals surface area contributed by atoms with Crippen molar-refractivity contribution in [3.63, 3.8) is 0 Å². The van der Waals surface area contributed by atoms with Gasteiger partial charge in [0.1, 0.15) is 35.4 Å². The van der Waals surface area contributed by atoms with Crippen LogP contribution in [0.3, 0.4) is 0 Å². The van der Waals surface area contributed by atoms with Crippen LogP contribution in [0.1, 0.15) is 35.4 Å². The lowest BCUT2D eigenvalue weighted by molar-refractivity contribution is -0.159. The van der Waals surface area contributed by atoms with E-state index in [0.29, 0.717) is 35.5 Å². The van der Waals surface area contributed by atoms with E-state index in [9.17, 15) is 24.9 Å². The van der Waals surface area contributed by atoms with Gasteiger partial charge in [0.05, 0.1) is 32.3 Å². The SMILES string of the molecule is COc1ccc([C@@]23Oc4cc(OCCCC=O)cc(OC)c4[C@]2(O)[C@H](O)[C@H](C(=O)O)[C@H]3c2ccccc2)cc1. The maximum Gasteiger partial charge on any atom is 0.310 e. The predicted molar refractivity (Wildman–Crippen MR) is 139 cm³/mol. The molecule has 0 aromatic heterocycles. The van der Waals surface area contributed by atoms with Crippen molar-refractivity contribution >= 4 is 12.3 Å². The maximum atomic E-state index is 12.7. The summed E-state index contributed by atoms with van der Waals surface area (Å²) in [6.07, 6.45) is -0.0922. The minimum atomic E-state index is -2.22. The second kappa shape index (κ2) is 10.2. The van der Waals surface area contributed by atoms with E-state index in [0.717, 1.165) is 6.29 Å². The van der Waals surface area contributed by atoms with Gasteiger partial charge in [0.2, 0.25) is 0 Å². The van der Waals surface area contributed by atoms with Crippen LogP contribution in [-0.2, 0) is 20.8 Å². The highest BCUT2D eigenvalue weighted by Crippen LogP contribution is 2.70. The van der Waals surface area contributed by atoms with E-state index in [4.69, 9.17) is 18.9 Å². The average Bonchev–Trinajstić information content (AvgIpc) is 3.33. The zero-order valence-corrected chi connectivity index (χ0v) is 21.6. The number of benzene rings is 3. The molecule has 3 N–H and O–H groups in total. The molecule has 39 heavy (non-hydrogen) atoms. The summed E-state index contributed by atoms with van der Waals surface area (Å²) in [6, 6.07) is 18.8. The first-order valence-corrected chi connectivity index (χ1v) is 12.6. The van der Waals surface area contributed by atoms with Gasteiger partial charge in [-0.05, 0) is 29.7 Å². The van der Waals surface area contributed by atoms with Crippen molar-refractivity contribution < 1.29 is 43.9 Å². The van der Waals surface area contributed by atoms with Gasteiger partial charge in [-0.25, -0.2) is 0 Å². The van der Waals surface area contributed by atoms with Crippen molar-refractivity contribution in [2.75, 3.05) is 20.8 Å². The first-order valence-electron chi connectivity index (χ1n) is 12.6. The van der Waals surface area contributed by atoms with Gasteiger partial charge in [0.15, 0.2) is 11.2 Å². The Labute approximate surface area is 225 Å². The lowest BCUT2D eigenvalue weighted by Crippen LogP contribution is -2.52. The minimum absolute atomic E-state index is 0.137. The van der Waals surface area contributed by atoms with Gasteiger partial charge in [-0.15, -0.1) is 0 Å². The summed E-state index contributed by atoms with van der Waals surface area (Å²) < 4.78 is 23.5. The normalized spacial score (nSPS) is 26.7. The molecule has 1 saturated carbocycles. The van der Waals surface area contributed by atoms with Gasteiger partial charge >= 0.3 is 5.97 Å². The van der Waals surface area contributed by atoms with Crippen LogP contribution in [0.4, 0.5) is 0 Å². The number of carboxylic acids is 1. The molecule has 1 aliphatic heterocycles. The fourth-order valence-corrected chi connectivity index (χ4v) is 6.10. The number of hydrogen-bond acceptors (Lipinski definition) is 8. The lowest BCUT2D eigenvalue weighted by Gasteiger charge is -2.40. The largest absolute Gasteiger partial charge is 0.497 e. The second-order valence-electron chi connectivity index (χ2n) is 9.69. The number of carbonyl (C=O) groups is 2. The zero-order valence-electron chi connectivity index (χ0n) is 21.6. The molecule has 2 aliphatic rings. The van der Waals surface area contributed by atoms with E-state index < -0.39 is 35.1 Å². The summed E-state index contributed by atoms with van der Waals surface area (Å²) in [4.78, 5) is 23.4. The Hall–Kier alpha value is -4.08. The van der Waals surface area contributed by atoms with Crippen LogP contribution in [0, 0.1) is 5.92 Å². The standard InChI is InChI=1S/C30H30O9/c1-36-20-12-10-19(11-13-20)30-25(18-8-4-3-5-9-18)24(28(33)34)27(32)29(30,35)26-22(37-2)16-21(17-23(26)39-30)38-15-7-6-14-31/h3-5,8-14,16-17,24-25,27,32,35H,6-7,15H2,1-2H3,(H,33,34)/t24-,25-,27-,29+,30+/m1/s1. The topological polar surface area (TPSA) is 132 Å². The van der Waals surface area contributed by atoms with E-state index in [-0.39, 0.29) is 23.7 Å². The van der Waals surface area contributed by atoms with Crippen molar-refractivity contribution in [1.82, 2.24) is 0 Å². The predicted octanol–water partition coefficient (Wildman–Crippen LogP) is 3.40. The van der Waals surface area contributed by atoms with Crippen LogP contribution in [0.15, 0.2) is 66.7 Å². The fourth-order valence-electron chi connectivity index (χ4n) is 6.10. The van der Waals surface area contributed by atoms with Crippen LogP contribution in [-0.4, -0.2) is 54.5 Å². The van der Waals surface area contributed by atoms with E-state index in [1.807, 2.05) is 0 Å². The quantitative estimate of drug-likeness (QED) is 0.265. The molecule has 0 radical (unpaired) electrons. The first-order chi connectivity index (χ1) is 18.8. The molecular weight excluding hydrogens is 504 g/mol. The van der Waals surface area contributed by atoms with Gasteiger partial charge in [0, 0.05) is 24.5 Å². The molecule has 0 unspecified atom stereocenters. The van der Waals surface area contributed by atoms with Gasteiger partial charge in [-0.1, -0.05) is 42.5 Å². The number of aliphatic carboxylic acids is 1. The third-order valence-corrected chi connectivity index (χ3v) is 7.74. The summed E-state index contributed by atoms with van der Waals surface area (Å²) in [6.45, 7) is 0.269. The van der Waals surface area contributed by atoms with Crippen LogP contribution in [0.2, 0.25) is 0 Å². The number of carbonyl (C=O) groups excluding carboxylic acids is 1. The highest BCUT2D eigenvalue weighted by atomic mass is 16.5. The highest BCUT2D eigenvalue weighted by Gasteiger charge is 2.78. The fraction of sp³-hybridized carbons (Fsp3) is 0.333. The Morgan fingerprint density at radius 1 is 1.03 bits per heavy atom. The molecule has 204 valence electrons. The van der Waals surface area contributed by atoms with Crippen molar-refractivity contribution in [2.24, 2.45) is 5.92 Å². The Balaban J connectivity index is 1.76. The third kappa shape index (κ3) is 3.92. The number of aldehydes is 1. The monoisotopic (exact) mass is 534 g/mol. The number of fused-ring (bicyclic) bond motifs is 3. The first kappa shape index (κ1) is 26.5. The maximum absolute atomic E-state index is 12.7. The summed E-state index contributed by atoms with van der Waals surface area (Å²) >= 11 is 0. The van der Waals surface area contributed by atoms with Crippen molar-refractivity contribution in [1.29, 1.82) is 0 Å². The van der Waals surface area contributed by atoms with Crippen molar-refractivity contribution in [2.45, 2.75) is 36.1 Å². The number of carboxylic acid groups (broad SMARTS) is 1. The Bertz CT molecular complexity index is 1360. The Kier molecular flexibility index (Phi) is 6.96. The zero-order chi connectivity index (χ0) is 27.8. The molecule has 0 spiro atoms. The van der Waals surface area contributed by atoms with Crippen molar-refractivity contribution in [3.8, 4) is 23.0 Å². The molecule has 5 rings (SSSR count). The summed E-state index contributed by atoms with van der Waals surface area (Å²) in [5.41, 5.74) is -2.81. The highest BCUT2D eigenvalue weighted by molar-refractivity contribution is 5.77. The molecule has 3 aromatic carbocycles. The number of aliphatic hydroxyl groups is 2.